The minimum Gasteiger partial charge on any atom is -0.382 e. The highest BCUT2D eigenvalue weighted by Crippen LogP contribution is 2.05. The standard InChI is InChI=1S/C14H19N7O3.C9H11N7/c1-23-8-9-24-10-12(22)15-5-2-4-11-18-20-14(21-19-11)13-16-6-3-7-17-13;10-4-1-3-7-13-15-9(16-14-7)8-11-5-2-6-12-8/h3,6-7H,2,4-5,8-10H2,1H3,(H,15,22);2,5-6H,1,3-4,10H2. The minimum atomic E-state index is -0.167. The molecule has 0 radical (unpaired) electrons. The van der Waals surface area contributed by atoms with Crippen LogP contribution in [0.3, 0.4) is 0 Å². The fourth-order valence-electron chi connectivity index (χ4n) is 2.80. The van der Waals surface area contributed by atoms with Gasteiger partial charge in [-0.05, 0) is 31.5 Å². The topological polar surface area (TPSA) is 228 Å². The molecule has 0 spiro atoms. The van der Waals surface area contributed by atoms with Crippen molar-refractivity contribution in [1.82, 2.24) is 66.0 Å². The van der Waals surface area contributed by atoms with E-state index in [1.165, 1.54) is 0 Å². The van der Waals surface area contributed by atoms with Crippen molar-refractivity contribution in [3.05, 3.63) is 48.6 Å². The smallest absolute Gasteiger partial charge is 0.245 e. The molecule has 4 aromatic heterocycles. The van der Waals surface area contributed by atoms with Crippen molar-refractivity contribution in [2.75, 3.05) is 40.0 Å². The molecule has 0 unspecified atom stereocenters. The lowest BCUT2D eigenvalue weighted by Crippen LogP contribution is -2.29. The van der Waals surface area contributed by atoms with Crippen molar-refractivity contribution in [3.8, 4) is 23.3 Å². The Labute approximate surface area is 229 Å². The number of methoxy groups -OCH3 is 1. The van der Waals surface area contributed by atoms with Crippen LogP contribution in [0.4, 0.5) is 0 Å². The molecule has 0 atom stereocenters. The molecule has 0 aliphatic rings. The Morgan fingerprint density at radius 3 is 1.70 bits per heavy atom. The maximum absolute atomic E-state index is 11.5. The molecule has 17 nitrogen and oxygen atoms in total. The molecular formula is C23H30N14O3. The van der Waals surface area contributed by atoms with E-state index in [-0.39, 0.29) is 18.3 Å². The maximum atomic E-state index is 11.5. The zero-order chi connectivity index (χ0) is 28.3. The van der Waals surface area contributed by atoms with Crippen molar-refractivity contribution < 1.29 is 14.3 Å². The third-order valence-electron chi connectivity index (χ3n) is 4.74. The summed E-state index contributed by atoms with van der Waals surface area (Å²) in [7, 11) is 1.58. The fraction of sp³-hybridized carbons (Fsp3) is 0.435. The van der Waals surface area contributed by atoms with Gasteiger partial charge in [0.05, 0.1) is 13.2 Å². The summed E-state index contributed by atoms with van der Waals surface area (Å²) in [6, 6.07) is 3.43. The highest BCUT2D eigenvalue weighted by atomic mass is 16.5. The largest absolute Gasteiger partial charge is 0.382 e. The highest BCUT2D eigenvalue weighted by molar-refractivity contribution is 5.77. The zero-order valence-corrected chi connectivity index (χ0v) is 22.0. The Hall–Kier alpha value is -4.61. The van der Waals surface area contributed by atoms with Gasteiger partial charge in [-0.3, -0.25) is 4.79 Å². The summed E-state index contributed by atoms with van der Waals surface area (Å²) < 4.78 is 9.93. The lowest BCUT2D eigenvalue weighted by atomic mass is 10.3. The summed E-state index contributed by atoms with van der Waals surface area (Å²) in [6.45, 7) is 1.99. The fourth-order valence-corrected chi connectivity index (χ4v) is 2.80. The van der Waals surface area contributed by atoms with Crippen LogP contribution < -0.4 is 11.1 Å². The first-order chi connectivity index (χ1) is 19.7. The summed E-state index contributed by atoms with van der Waals surface area (Å²) in [4.78, 5) is 27.5. The monoisotopic (exact) mass is 550 g/mol. The average Bonchev–Trinajstić information content (AvgIpc) is 3.02. The number of ether oxygens (including phenoxy) is 2. The number of hydrogen-bond donors (Lipinski definition) is 2. The van der Waals surface area contributed by atoms with Crippen LogP contribution in [0.15, 0.2) is 36.9 Å². The van der Waals surface area contributed by atoms with Crippen molar-refractivity contribution in [3.63, 3.8) is 0 Å². The summed E-state index contributed by atoms with van der Waals surface area (Å²) in [5.74, 6) is 2.33. The van der Waals surface area contributed by atoms with Gasteiger partial charge in [-0.2, -0.15) is 0 Å². The van der Waals surface area contributed by atoms with Crippen LogP contribution in [0.1, 0.15) is 24.5 Å². The van der Waals surface area contributed by atoms with Gasteiger partial charge in [-0.25, -0.2) is 19.9 Å². The number of hydrogen-bond acceptors (Lipinski definition) is 16. The summed E-state index contributed by atoms with van der Waals surface area (Å²) >= 11 is 0. The van der Waals surface area contributed by atoms with E-state index >= 15 is 0 Å². The summed E-state index contributed by atoms with van der Waals surface area (Å²) in [5, 5.41) is 34.3. The van der Waals surface area contributed by atoms with Crippen molar-refractivity contribution >= 4 is 5.91 Å². The molecule has 210 valence electrons. The molecule has 0 aliphatic heterocycles. The Morgan fingerprint density at radius 1 is 0.725 bits per heavy atom. The lowest BCUT2D eigenvalue weighted by Gasteiger charge is -2.05. The van der Waals surface area contributed by atoms with Gasteiger partial charge >= 0.3 is 0 Å². The number of nitrogens with zero attached hydrogens (tertiary/aromatic N) is 12. The van der Waals surface area contributed by atoms with Crippen molar-refractivity contribution in [1.29, 1.82) is 0 Å². The number of aryl methyl sites for hydroxylation is 2. The predicted octanol–water partition coefficient (Wildman–Crippen LogP) is -0.950. The number of carbonyl (C=O) groups is 1. The molecule has 3 N–H and O–H groups in total. The Morgan fingerprint density at radius 2 is 1.23 bits per heavy atom. The maximum Gasteiger partial charge on any atom is 0.245 e. The zero-order valence-electron chi connectivity index (χ0n) is 22.0. The van der Waals surface area contributed by atoms with E-state index in [0.29, 0.717) is 74.7 Å². The average molecular weight is 551 g/mol. The van der Waals surface area contributed by atoms with E-state index in [2.05, 4.69) is 66.0 Å². The number of carbonyl (C=O) groups excluding carboxylic acids is 1. The minimum absolute atomic E-state index is 0.0226. The number of amides is 1. The second-order valence-electron chi connectivity index (χ2n) is 7.82. The summed E-state index contributed by atoms with van der Waals surface area (Å²) in [6.07, 6.45) is 9.18. The molecule has 17 heteroatoms. The van der Waals surface area contributed by atoms with Crippen LogP contribution in [0.25, 0.3) is 23.3 Å². The molecule has 0 aromatic carbocycles. The molecule has 0 saturated heterocycles. The predicted molar refractivity (Wildman–Crippen MR) is 139 cm³/mol. The van der Waals surface area contributed by atoms with Gasteiger partial charge in [0.15, 0.2) is 11.6 Å². The van der Waals surface area contributed by atoms with E-state index in [1.54, 1.807) is 44.0 Å². The molecule has 4 aromatic rings. The molecule has 40 heavy (non-hydrogen) atoms. The third kappa shape index (κ3) is 11.0. The first-order valence-corrected chi connectivity index (χ1v) is 12.4. The van der Waals surface area contributed by atoms with Crippen LogP contribution >= 0.6 is 0 Å². The van der Waals surface area contributed by atoms with Crippen LogP contribution in [0.2, 0.25) is 0 Å². The van der Waals surface area contributed by atoms with E-state index in [4.69, 9.17) is 15.2 Å². The second-order valence-corrected chi connectivity index (χ2v) is 7.82. The third-order valence-corrected chi connectivity index (χ3v) is 4.74. The van der Waals surface area contributed by atoms with Gasteiger partial charge in [0.2, 0.25) is 29.2 Å². The van der Waals surface area contributed by atoms with Gasteiger partial charge in [-0.1, -0.05) is 0 Å². The molecule has 4 rings (SSSR count). The van der Waals surface area contributed by atoms with E-state index in [9.17, 15) is 4.79 Å². The van der Waals surface area contributed by atoms with Gasteiger partial charge in [-0.15, -0.1) is 40.8 Å². The highest BCUT2D eigenvalue weighted by Gasteiger charge is 2.08. The SMILES string of the molecule is COCCOCC(=O)NCCCc1nnc(-c2ncccn2)nn1.NCCCc1nnc(-c2ncccn2)nn1. The van der Waals surface area contributed by atoms with Crippen LogP contribution in [0.5, 0.6) is 0 Å². The van der Waals surface area contributed by atoms with Gasteiger partial charge in [0.25, 0.3) is 0 Å². The van der Waals surface area contributed by atoms with Crippen LogP contribution in [-0.2, 0) is 27.1 Å². The Balaban J connectivity index is 0.000000238. The molecule has 0 aliphatic carbocycles. The lowest BCUT2D eigenvalue weighted by molar-refractivity contribution is -0.126. The molecule has 0 fully saturated rings. The Kier molecular flexibility index (Phi) is 13.3. The molecule has 0 bridgehead atoms. The van der Waals surface area contributed by atoms with Gasteiger partial charge in [0, 0.05) is 51.3 Å². The molecule has 4 heterocycles. The first kappa shape index (κ1) is 29.9. The number of aromatic nitrogens is 12. The van der Waals surface area contributed by atoms with Crippen LogP contribution in [0, 0.1) is 0 Å². The molecule has 1 amide bonds. The van der Waals surface area contributed by atoms with Gasteiger partial charge in [0.1, 0.15) is 6.61 Å². The van der Waals surface area contributed by atoms with Crippen molar-refractivity contribution in [2.24, 2.45) is 5.73 Å². The number of nitrogens with one attached hydrogen (secondary N) is 1. The molecule has 0 saturated carbocycles. The normalized spacial score (nSPS) is 10.4. The summed E-state index contributed by atoms with van der Waals surface area (Å²) in [5.41, 5.74) is 5.38. The van der Waals surface area contributed by atoms with E-state index in [1.807, 2.05) is 0 Å². The van der Waals surface area contributed by atoms with E-state index < -0.39 is 0 Å². The van der Waals surface area contributed by atoms with Crippen LogP contribution in [-0.4, -0.2) is 107 Å². The Bertz CT molecular complexity index is 1240. The number of rotatable bonds is 14. The molecular weight excluding hydrogens is 520 g/mol. The second kappa shape index (κ2) is 17.8. The first-order valence-electron chi connectivity index (χ1n) is 12.4. The number of nitrogens with two attached hydrogens (primary N) is 1. The van der Waals surface area contributed by atoms with Crippen molar-refractivity contribution in [2.45, 2.75) is 25.7 Å². The van der Waals surface area contributed by atoms with Gasteiger partial charge < -0.3 is 20.5 Å². The van der Waals surface area contributed by atoms with E-state index in [0.717, 1.165) is 6.42 Å². The quantitative estimate of drug-likeness (QED) is 0.180.